The molecule has 110 valence electrons. The lowest BCUT2D eigenvalue weighted by Gasteiger charge is -2.24. The highest BCUT2D eigenvalue weighted by Crippen LogP contribution is 2.36. The summed E-state index contributed by atoms with van der Waals surface area (Å²) in [6.07, 6.45) is 5.16. The third-order valence-electron chi connectivity index (χ3n) is 3.95. The Morgan fingerprint density at radius 1 is 1.38 bits per heavy atom. The van der Waals surface area contributed by atoms with Gasteiger partial charge in [-0.25, -0.2) is 9.97 Å². The van der Waals surface area contributed by atoms with Gasteiger partial charge in [0, 0.05) is 23.5 Å². The summed E-state index contributed by atoms with van der Waals surface area (Å²) in [7, 11) is 3.61. The minimum Gasteiger partial charge on any atom is -0.496 e. The van der Waals surface area contributed by atoms with E-state index in [0.29, 0.717) is 22.6 Å². The maximum atomic E-state index is 6.31. The molecular weight excluding hydrogens is 286 g/mol. The van der Waals surface area contributed by atoms with Crippen LogP contribution in [0.4, 0.5) is 0 Å². The van der Waals surface area contributed by atoms with Gasteiger partial charge in [-0.05, 0) is 38.4 Å². The van der Waals surface area contributed by atoms with Crippen LogP contribution in [0.5, 0.6) is 5.75 Å². The smallest absolute Gasteiger partial charge is 0.164 e. The van der Waals surface area contributed by atoms with E-state index >= 15 is 0 Å². The van der Waals surface area contributed by atoms with Crippen molar-refractivity contribution in [1.29, 1.82) is 0 Å². The monoisotopic (exact) mass is 303 g/mol. The Balaban J connectivity index is 2.09. The molecule has 1 aromatic heterocycles. The highest BCUT2D eigenvalue weighted by Gasteiger charge is 2.22. The summed E-state index contributed by atoms with van der Waals surface area (Å²) >= 11 is 6.31. The zero-order chi connectivity index (χ0) is 14.8. The number of aryl methyl sites for hydroxylation is 1. The molecule has 3 rings (SSSR count). The van der Waals surface area contributed by atoms with E-state index in [2.05, 4.69) is 10.3 Å². The van der Waals surface area contributed by atoms with Gasteiger partial charge in [0.25, 0.3) is 0 Å². The Kier molecular flexibility index (Phi) is 4.08. The first-order chi connectivity index (χ1) is 10.2. The lowest BCUT2D eigenvalue weighted by atomic mass is 9.92. The van der Waals surface area contributed by atoms with Gasteiger partial charge in [0.1, 0.15) is 5.75 Å². The average Bonchev–Trinajstić information content (AvgIpc) is 2.53. The molecule has 0 spiro atoms. The summed E-state index contributed by atoms with van der Waals surface area (Å²) in [5.41, 5.74) is 3.06. The maximum absolute atomic E-state index is 6.31. The molecule has 0 amide bonds. The fourth-order valence-corrected chi connectivity index (χ4v) is 3.11. The third-order valence-corrected chi connectivity index (χ3v) is 4.26. The first-order valence-electron chi connectivity index (χ1n) is 7.10. The topological polar surface area (TPSA) is 47.0 Å². The van der Waals surface area contributed by atoms with Crippen molar-refractivity contribution in [1.82, 2.24) is 15.3 Å². The molecule has 1 N–H and O–H groups in total. The second-order valence-electron chi connectivity index (χ2n) is 5.15. The summed E-state index contributed by atoms with van der Waals surface area (Å²) in [4.78, 5) is 9.25. The van der Waals surface area contributed by atoms with Crippen LogP contribution in [0.2, 0.25) is 5.02 Å². The van der Waals surface area contributed by atoms with Crippen molar-refractivity contribution in [3.05, 3.63) is 40.7 Å². The molecule has 1 aliphatic carbocycles. The predicted molar refractivity (Wildman–Crippen MR) is 83.8 cm³/mol. The summed E-state index contributed by atoms with van der Waals surface area (Å²) in [6, 6.07) is 5.91. The maximum Gasteiger partial charge on any atom is 0.164 e. The average molecular weight is 304 g/mol. The van der Waals surface area contributed by atoms with Crippen LogP contribution in [0, 0.1) is 0 Å². The number of fused-ring (bicyclic) bond motifs is 1. The third kappa shape index (κ3) is 2.61. The van der Waals surface area contributed by atoms with E-state index in [1.807, 2.05) is 31.4 Å². The number of nitrogens with one attached hydrogen (secondary N) is 1. The minimum absolute atomic E-state index is 0.343. The van der Waals surface area contributed by atoms with Crippen molar-refractivity contribution >= 4 is 11.6 Å². The van der Waals surface area contributed by atoms with Crippen molar-refractivity contribution in [3.63, 3.8) is 0 Å². The molecule has 2 aromatic rings. The van der Waals surface area contributed by atoms with Gasteiger partial charge < -0.3 is 10.1 Å². The van der Waals surface area contributed by atoms with Gasteiger partial charge in [-0.3, -0.25) is 0 Å². The first kappa shape index (κ1) is 14.3. The summed E-state index contributed by atoms with van der Waals surface area (Å²) in [5, 5.41) is 3.93. The number of hydrogen-bond donors (Lipinski definition) is 1. The second kappa shape index (κ2) is 6.00. The molecular formula is C16H18ClN3O. The number of ether oxygens (including phenoxy) is 1. The van der Waals surface area contributed by atoms with E-state index in [1.165, 1.54) is 5.56 Å². The zero-order valence-corrected chi connectivity index (χ0v) is 12.9. The molecule has 0 saturated heterocycles. The first-order valence-corrected chi connectivity index (χ1v) is 7.48. The zero-order valence-electron chi connectivity index (χ0n) is 12.2. The number of aromatic nitrogens is 2. The van der Waals surface area contributed by atoms with E-state index in [9.17, 15) is 0 Å². The van der Waals surface area contributed by atoms with Gasteiger partial charge >= 0.3 is 0 Å². The van der Waals surface area contributed by atoms with Gasteiger partial charge in [0.2, 0.25) is 0 Å². The highest BCUT2D eigenvalue weighted by atomic mass is 35.5. The van der Waals surface area contributed by atoms with Gasteiger partial charge in [-0.15, -0.1) is 0 Å². The lowest BCUT2D eigenvalue weighted by molar-refractivity contribution is 0.416. The number of nitrogens with zero attached hydrogens (tertiary/aromatic N) is 2. The van der Waals surface area contributed by atoms with Gasteiger partial charge in [0.15, 0.2) is 5.82 Å². The van der Waals surface area contributed by atoms with E-state index in [4.69, 9.17) is 21.3 Å². The van der Waals surface area contributed by atoms with Crippen LogP contribution in [0.3, 0.4) is 0 Å². The Morgan fingerprint density at radius 2 is 2.24 bits per heavy atom. The Bertz CT molecular complexity index is 660. The molecule has 0 aliphatic heterocycles. The summed E-state index contributed by atoms with van der Waals surface area (Å²) in [6.45, 7) is 0. The molecule has 1 unspecified atom stereocenters. The standard InChI is InChI=1S/C16H18ClN3O/c1-18-12-6-4-7-13-10(12)9-19-16(20-13)15-11(17)5-3-8-14(15)21-2/h3,5,8-9,12,18H,4,6-7H2,1-2H3. The molecule has 21 heavy (non-hydrogen) atoms. The normalized spacial score (nSPS) is 17.4. The molecule has 0 radical (unpaired) electrons. The number of rotatable bonds is 3. The molecule has 0 saturated carbocycles. The van der Waals surface area contributed by atoms with E-state index in [1.54, 1.807) is 7.11 Å². The largest absolute Gasteiger partial charge is 0.496 e. The van der Waals surface area contributed by atoms with Gasteiger partial charge in [-0.2, -0.15) is 0 Å². The number of halogens is 1. The molecule has 0 bridgehead atoms. The van der Waals surface area contributed by atoms with Crippen LogP contribution in [-0.4, -0.2) is 24.1 Å². The molecule has 0 fully saturated rings. The van der Waals surface area contributed by atoms with Gasteiger partial charge in [-0.1, -0.05) is 17.7 Å². The van der Waals surface area contributed by atoms with Crippen molar-refractivity contribution in [3.8, 4) is 17.1 Å². The number of methoxy groups -OCH3 is 1. The quantitative estimate of drug-likeness (QED) is 0.944. The molecule has 4 nitrogen and oxygen atoms in total. The van der Waals surface area contributed by atoms with Crippen LogP contribution >= 0.6 is 11.6 Å². The van der Waals surface area contributed by atoms with Crippen molar-refractivity contribution in [2.24, 2.45) is 0 Å². The molecule has 1 atom stereocenters. The fraction of sp³-hybridized carbons (Fsp3) is 0.375. The summed E-state index contributed by atoms with van der Waals surface area (Å²) < 4.78 is 5.39. The highest BCUT2D eigenvalue weighted by molar-refractivity contribution is 6.33. The van der Waals surface area contributed by atoms with Gasteiger partial charge in [0.05, 0.1) is 17.7 Å². The van der Waals surface area contributed by atoms with Crippen molar-refractivity contribution in [2.75, 3.05) is 14.2 Å². The fourth-order valence-electron chi connectivity index (χ4n) is 2.86. The van der Waals surface area contributed by atoms with E-state index < -0.39 is 0 Å². The van der Waals surface area contributed by atoms with Crippen LogP contribution in [-0.2, 0) is 6.42 Å². The Hall–Kier alpha value is -1.65. The van der Waals surface area contributed by atoms with E-state index in [-0.39, 0.29) is 0 Å². The Morgan fingerprint density at radius 3 is 3.00 bits per heavy atom. The molecule has 1 heterocycles. The van der Waals surface area contributed by atoms with Crippen molar-refractivity contribution < 1.29 is 4.74 Å². The van der Waals surface area contributed by atoms with E-state index in [0.717, 1.165) is 30.5 Å². The van der Waals surface area contributed by atoms with Crippen LogP contribution in [0.15, 0.2) is 24.4 Å². The number of benzene rings is 1. The lowest BCUT2D eigenvalue weighted by Crippen LogP contribution is -2.22. The molecule has 1 aliphatic rings. The predicted octanol–water partition coefficient (Wildman–Crippen LogP) is 3.40. The molecule has 1 aromatic carbocycles. The van der Waals surface area contributed by atoms with Crippen LogP contribution in [0.1, 0.15) is 30.1 Å². The number of hydrogen-bond acceptors (Lipinski definition) is 4. The second-order valence-corrected chi connectivity index (χ2v) is 5.55. The van der Waals surface area contributed by atoms with Crippen LogP contribution in [0.25, 0.3) is 11.4 Å². The SMILES string of the molecule is CNC1CCCc2nc(-c3c(Cl)cccc3OC)ncc21. The minimum atomic E-state index is 0.343. The summed E-state index contributed by atoms with van der Waals surface area (Å²) in [5.74, 6) is 1.33. The Labute approximate surface area is 129 Å². The van der Waals surface area contributed by atoms with Crippen molar-refractivity contribution in [2.45, 2.75) is 25.3 Å². The van der Waals surface area contributed by atoms with Crippen LogP contribution < -0.4 is 10.1 Å². The molecule has 5 heteroatoms.